The lowest BCUT2D eigenvalue weighted by atomic mass is 10.1. The first kappa shape index (κ1) is 18.6. The van der Waals surface area contributed by atoms with Gasteiger partial charge in [-0.2, -0.15) is 0 Å². The van der Waals surface area contributed by atoms with Crippen molar-refractivity contribution in [3.05, 3.63) is 71.3 Å². The van der Waals surface area contributed by atoms with Gasteiger partial charge in [-0.15, -0.1) is 0 Å². The van der Waals surface area contributed by atoms with Gasteiger partial charge in [0.25, 0.3) is 5.91 Å². The molecule has 5 heteroatoms. The second-order valence-electron chi connectivity index (χ2n) is 6.56. The van der Waals surface area contributed by atoms with E-state index in [4.69, 9.17) is 9.47 Å². The van der Waals surface area contributed by atoms with Gasteiger partial charge in [0.2, 0.25) is 0 Å². The standard InChI is InChI=1S/C21H26N2O3/c1-25-16-18-8-5-9-19(12-18)21(24)22-13-20-15-23(10-11-26-20)14-17-6-3-2-4-7-17/h2-9,12,20H,10-11,13-16H2,1H3,(H,22,24). The van der Waals surface area contributed by atoms with E-state index in [1.165, 1.54) is 5.56 Å². The Morgan fingerprint density at radius 2 is 2.00 bits per heavy atom. The quantitative estimate of drug-likeness (QED) is 0.830. The summed E-state index contributed by atoms with van der Waals surface area (Å²) < 4.78 is 10.9. The number of benzene rings is 2. The van der Waals surface area contributed by atoms with Gasteiger partial charge in [0.05, 0.1) is 19.3 Å². The van der Waals surface area contributed by atoms with Crippen LogP contribution in [0.3, 0.4) is 0 Å². The molecule has 0 aromatic heterocycles. The van der Waals surface area contributed by atoms with Gasteiger partial charge in [-0.3, -0.25) is 9.69 Å². The Bertz CT molecular complexity index is 705. The summed E-state index contributed by atoms with van der Waals surface area (Å²) in [7, 11) is 1.65. The van der Waals surface area contributed by atoms with Crippen LogP contribution < -0.4 is 5.32 Å². The topological polar surface area (TPSA) is 50.8 Å². The minimum atomic E-state index is -0.0771. The Morgan fingerprint density at radius 1 is 1.19 bits per heavy atom. The summed E-state index contributed by atoms with van der Waals surface area (Å²) in [6.45, 7) is 4.35. The Hall–Kier alpha value is -2.21. The highest BCUT2D eigenvalue weighted by atomic mass is 16.5. The van der Waals surface area contributed by atoms with Crippen molar-refractivity contribution < 1.29 is 14.3 Å². The van der Waals surface area contributed by atoms with E-state index in [0.29, 0.717) is 25.3 Å². The SMILES string of the molecule is COCc1cccc(C(=O)NCC2CN(Cc3ccccc3)CCO2)c1. The van der Waals surface area contributed by atoms with Crippen molar-refractivity contribution in [2.45, 2.75) is 19.3 Å². The Morgan fingerprint density at radius 3 is 2.81 bits per heavy atom. The molecule has 1 aliphatic rings. The molecule has 0 radical (unpaired) electrons. The van der Waals surface area contributed by atoms with Gasteiger partial charge in [0, 0.05) is 38.9 Å². The van der Waals surface area contributed by atoms with E-state index in [-0.39, 0.29) is 12.0 Å². The van der Waals surface area contributed by atoms with Gasteiger partial charge in [-0.05, 0) is 23.3 Å². The molecule has 1 heterocycles. The maximum atomic E-state index is 12.4. The molecule has 1 unspecified atom stereocenters. The van der Waals surface area contributed by atoms with E-state index in [2.05, 4.69) is 34.5 Å². The van der Waals surface area contributed by atoms with E-state index >= 15 is 0 Å². The van der Waals surface area contributed by atoms with Crippen molar-refractivity contribution in [2.24, 2.45) is 0 Å². The molecule has 0 saturated carbocycles. The third-order valence-electron chi connectivity index (χ3n) is 4.46. The van der Waals surface area contributed by atoms with Crippen LogP contribution in [0.5, 0.6) is 0 Å². The number of nitrogens with one attached hydrogen (secondary N) is 1. The number of carbonyl (C=O) groups is 1. The lowest BCUT2D eigenvalue weighted by Gasteiger charge is -2.33. The molecule has 26 heavy (non-hydrogen) atoms. The van der Waals surface area contributed by atoms with Crippen LogP contribution in [0.4, 0.5) is 0 Å². The molecule has 1 atom stereocenters. The summed E-state index contributed by atoms with van der Waals surface area (Å²) in [5, 5.41) is 2.99. The zero-order chi connectivity index (χ0) is 18.2. The van der Waals surface area contributed by atoms with Crippen molar-refractivity contribution in [1.82, 2.24) is 10.2 Å². The molecule has 3 rings (SSSR count). The summed E-state index contributed by atoms with van der Waals surface area (Å²) in [6, 6.07) is 17.9. The average molecular weight is 354 g/mol. The maximum Gasteiger partial charge on any atom is 0.251 e. The van der Waals surface area contributed by atoms with E-state index in [1.807, 2.05) is 30.3 Å². The summed E-state index contributed by atoms with van der Waals surface area (Å²) in [4.78, 5) is 14.8. The Kier molecular flexibility index (Phi) is 6.77. The maximum absolute atomic E-state index is 12.4. The van der Waals surface area contributed by atoms with E-state index in [0.717, 1.165) is 25.2 Å². The van der Waals surface area contributed by atoms with Crippen LogP contribution in [0.2, 0.25) is 0 Å². The Labute approximate surface area is 154 Å². The first-order valence-corrected chi connectivity index (χ1v) is 8.98. The van der Waals surface area contributed by atoms with Crippen LogP contribution in [-0.4, -0.2) is 50.3 Å². The molecule has 2 aromatic rings. The highest BCUT2D eigenvalue weighted by Gasteiger charge is 2.21. The largest absolute Gasteiger partial charge is 0.380 e. The second kappa shape index (κ2) is 9.48. The molecule has 0 bridgehead atoms. The van der Waals surface area contributed by atoms with Crippen LogP contribution in [0.1, 0.15) is 21.5 Å². The smallest absolute Gasteiger partial charge is 0.251 e. The summed E-state index contributed by atoms with van der Waals surface area (Å²) in [6.07, 6.45) is 0.0126. The van der Waals surface area contributed by atoms with Crippen molar-refractivity contribution in [3.8, 4) is 0 Å². The van der Waals surface area contributed by atoms with Gasteiger partial charge in [-0.25, -0.2) is 0 Å². The number of nitrogens with zero attached hydrogens (tertiary/aromatic N) is 1. The van der Waals surface area contributed by atoms with E-state index in [1.54, 1.807) is 7.11 Å². The lowest BCUT2D eigenvalue weighted by Crippen LogP contribution is -2.47. The highest BCUT2D eigenvalue weighted by Crippen LogP contribution is 2.11. The number of morpholine rings is 1. The molecule has 2 aromatic carbocycles. The Balaban J connectivity index is 1.49. The number of hydrogen-bond donors (Lipinski definition) is 1. The molecule has 5 nitrogen and oxygen atoms in total. The predicted molar refractivity (Wildman–Crippen MR) is 101 cm³/mol. The molecule has 1 saturated heterocycles. The van der Waals surface area contributed by atoms with Crippen molar-refractivity contribution >= 4 is 5.91 Å². The number of amides is 1. The minimum absolute atomic E-state index is 0.0126. The summed E-state index contributed by atoms with van der Waals surface area (Å²) in [5.74, 6) is -0.0771. The van der Waals surface area contributed by atoms with Gasteiger partial charge in [0.15, 0.2) is 0 Å². The fraction of sp³-hybridized carbons (Fsp3) is 0.381. The van der Waals surface area contributed by atoms with Crippen molar-refractivity contribution in [2.75, 3.05) is 33.4 Å². The lowest BCUT2D eigenvalue weighted by molar-refractivity contribution is -0.0292. The number of hydrogen-bond acceptors (Lipinski definition) is 4. The molecule has 0 aliphatic carbocycles. The third kappa shape index (κ3) is 5.39. The predicted octanol–water partition coefficient (Wildman–Crippen LogP) is 2.46. The zero-order valence-electron chi connectivity index (χ0n) is 15.2. The molecule has 1 amide bonds. The van der Waals surface area contributed by atoms with Crippen LogP contribution in [0.15, 0.2) is 54.6 Å². The summed E-state index contributed by atoms with van der Waals surface area (Å²) in [5.41, 5.74) is 2.94. The third-order valence-corrected chi connectivity index (χ3v) is 4.46. The first-order valence-electron chi connectivity index (χ1n) is 8.98. The molecule has 138 valence electrons. The first-order chi connectivity index (χ1) is 12.7. The number of ether oxygens (including phenoxy) is 2. The number of carbonyl (C=O) groups excluding carboxylic acids is 1. The van der Waals surface area contributed by atoms with Crippen LogP contribution in [0.25, 0.3) is 0 Å². The normalized spacial score (nSPS) is 17.8. The van der Waals surface area contributed by atoms with E-state index in [9.17, 15) is 4.79 Å². The zero-order valence-corrected chi connectivity index (χ0v) is 15.2. The fourth-order valence-corrected chi connectivity index (χ4v) is 3.17. The number of rotatable bonds is 7. The van der Waals surface area contributed by atoms with Crippen LogP contribution in [0, 0.1) is 0 Å². The second-order valence-corrected chi connectivity index (χ2v) is 6.56. The van der Waals surface area contributed by atoms with Crippen molar-refractivity contribution in [1.29, 1.82) is 0 Å². The fourth-order valence-electron chi connectivity index (χ4n) is 3.17. The van der Waals surface area contributed by atoms with Crippen LogP contribution >= 0.6 is 0 Å². The van der Waals surface area contributed by atoms with Gasteiger partial charge < -0.3 is 14.8 Å². The van der Waals surface area contributed by atoms with Crippen molar-refractivity contribution in [3.63, 3.8) is 0 Å². The minimum Gasteiger partial charge on any atom is -0.380 e. The number of methoxy groups -OCH3 is 1. The monoisotopic (exact) mass is 354 g/mol. The van der Waals surface area contributed by atoms with Crippen LogP contribution in [-0.2, 0) is 22.6 Å². The molecular formula is C21H26N2O3. The molecule has 1 aliphatic heterocycles. The summed E-state index contributed by atoms with van der Waals surface area (Å²) >= 11 is 0. The van der Waals surface area contributed by atoms with Gasteiger partial charge in [0.1, 0.15) is 0 Å². The molecule has 0 spiro atoms. The molecule has 1 fully saturated rings. The molecule has 1 N–H and O–H groups in total. The average Bonchev–Trinajstić information content (AvgIpc) is 2.68. The van der Waals surface area contributed by atoms with Gasteiger partial charge >= 0.3 is 0 Å². The van der Waals surface area contributed by atoms with Gasteiger partial charge in [-0.1, -0.05) is 42.5 Å². The van der Waals surface area contributed by atoms with E-state index < -0.39 is 0 Å². The molecular weight excluding hydrogens is 328 g/mol. The highest BCUT2D eigenvalue weighted by molar-refractivity contribution is 5.94.